The molecule has 1 saturated carbocycles. The molecule has 2 fully saturated rings. The Morgan fingerprint density at radius 1 is 1.47 bits per heavy atom. The highest BCUT2D eigenvalue weighted by Crippen LogP contribution is 2.47. The van der Waals surface area contributed by atoms with Crippen molar-refractivity contribution in [2.45, 2.75) is 38.3 Å². The molecular weight excluding hydrogens is 212 g/mol. The van der Waals surface area contributed by atoms with Gasteiger partial charge in [-0.2, -0.15) is 0 Å². The van der Waals surface area contributed by atoms with Crippen molar-refractivity contribution in [3.8, 4) is 0 Å². The van der Waals surface area contributed by atoms with Crippen LogP contribution in [0.5, 0.6) is 0 Å². The zero-order valence-electron chi connectivity index (χ0n) is 10.8. The van der Waals surface area contributed by atoms with Crippen LogP contribution < -0.4 is 5.32 Å². The van der Waals surface area contributed by atoms with E-state index in [4.69, 9.17) is 4.42 Å². The number of furan rings is 1. The van der Waals surface area contributed by atoms with Gasteiger partial charge in [0.05, 0.1) is 6.54 Å². The highest BCUT2D eigenvalue weighted by molar-refractivity contribution is 5.17. The molecule has 2 heterocycles. The third-order valence-electron chi connectivity index (χ3n) is 4.22. The van der Waals surface area contributed by atoms with Crippen LogP contribution in [0.1, 0.15) is 37.2 Å². The van der Waals surface area contributed by atoms with Crippen LogP contribution in [-0.2, 0) is 6.54 Å². The molecule has 17 heavy (non-hydrogen) atoms. The summed E-state index contributed by atoms with van der Waals surface area (Å²) in [5.74, 6) is 3.87. The second-order valence-electron chi connectivity index (χ2n) is 5.63. The van der Waals surface area contributed by atoms with E-state index in [0.717, 1.165) is 24.8 Å². The molecule has 0 spiro atoms. The second kappa shape index (κ2) is 4.46. The summed E-state index contributed by atoms with van der Waals surface area (Å²) in [6.45, 7) is 5.60. The zero-order valence-corrected chi connectivity index (χ0v) is 10.8. The Bertz CT molecular complexity index is 387. The maximum absolute atomic E-state index is 5.95. The number of likely N-dealkylation sites (N-methyl/N-ethyl adjacent to an activating group) is 1. The van der Waals surface area contributed by atoms with E-state index in [9.17, 15) is 0 Å². The van der Waals surface area contributed by atoms with Crippen LogP contribution in [0, 0.1) is 5.92 Å². The Kier molecular flexibility index (Phi) is 2.97. The molecule has 2 aliphatic rings. The molecule has 94 valence electrons. The molecule has 3 unspecified atom stereocenters. The summed E-state index contributed by atoms with van der Waals surface area (Å²) in [6.07, 6.45) is 2.56. The molecule has 1 aliphatic carbocycles. The van der Waals surface area contributed by atoms with Gasteiger partial charge in [0, 0.05) is 25.0 Å². The van der Waals surface area contributed by atoms with Crippen molar-refractivity contribution >= 4 is 0 Å². The first kappa shape index (κ1) is 11.3. The fourth-order valence-corrected chi connectivity index (χ4v) is 2.83. The summed E-state index contributed by atoms with van der Waals surface area (Å²) in [4.78, 5) is 2.47. The minimum absolute atomic E-state index is 0.660. The molecule has 0 bridgehead atoms. The van der Waals surface area contributed by atoms with Gasteiger partial charge in [-0.15, -0.1) is 0 Å². The van der Waals surface area contributed by atoms with Gasteiger partial charge in [-0.1, -0.05) is 6.92 Å². The Labute approximate surface area is 103 Å². The van der Waals surface area contributed by atoms with Crippen LogP contribution in [0.15, 0.2) is 16.5 Å². The zero-order chi connectivity index (χ0) is 11.8. The normalized spacial score (nSPS) is 33.2. The van der Waals surface area contributed by atoms with E-state index < -0.39 is 0 Å². The van der Waals surface area contributed by atoms with Crippen molar-refractivity contribution in [1.29, 1.82) is 0 Å². The summed E-state index contributed by atoms with van der Waals surface area (Å²) < 4.78 is 5.95. The van der Waals surface area contributed by atoms with Crippen LogP contribution in [0.3, 0.4) is 0 Å². The van der Waals surface area contributed by atoms with Crippen LogP contribution >= 0.6 is 0 Å². The molecule has 1 saturated heterocycles. The van der Waals surface area contributed by atoms with Crippen molar-refractivity contribution in [1.82, 2.24) is 10.2 Å². The lowest BCUT2D eigenvalue weighted by molar-refractivity contribution is 0.286. The number of nitrogens with one attached hydrogen (secondary N) is 1. The smallest absolute Gasteiger partial charge is 0.118 e. The van der Waals surface area contributed by atoms with Gasteiger partial charge < -0.3 is 9.73 Å². The lowest BCUT2D eigenvalue weighted by Crippen LogP contribution is -2.29. The van der Waals surface area contributed by atoms with E-state index in [2.05, 4.69) is 29.3 Å². The highest BCUT2D eigenvalue weighted by Gasteiger charge is 2.36. The van der Waals surface area contributed by atoms with Gasteiger partial charge >= 0.3 is 0 Å². The number of hydrogen-bond donors (Lipinski definition) is 1. The first-order valence-electron chi connectivity index (χ1n) is 6.74. The maximum atomic E-state index is 5.95. The van der Waals surface area contributed by atoms with E-state index >= 15 is 0 Å². The summed E-state index contributed by atoms with van der Waals surface area (Å²) in [7, 11) is 2.05. The van der Waals surface area contributed by atoms with Crippen molar-refractivity contribution < 1.29 is 4.42 Å². The van der Waals surface area contributed by atoms with Crippen molar-refractivity contribution in [3.63, 3.8) is 0 Å². The van der Waals surface area contributed by atoms with Crippen molar-refractivity contribution in [2.75, 3.05) is 20.1 Å². The SMILES string of the molecule is CNC1CCN(Cc2ccc(C3CC3C)o2)C1. The summed E-state index contributed by atoms with van der Waals surface area (Å²) in [6, 6.07) is 5.00. The Morgan fingerprint density at radius 3 is 2.94 bits per heavy atom. The predicted octanol–water partition coefficient (Wildman–Crippen LogP) is 2.20. The molecule has 1 aromatic heterocycles. The van der Waals surface area contributed by atoms with Gasteiger partial charge in [-0.05, 0) is 37.9 Å². The van der Waals surface area contributed by atoms with E-state index in [0.29, 0.717) is 12.0 Å². The molecule has 1 N–H and O–H groups in total. The fourth-order valence-electron chi connectivity index (χ4n) is 2.83. The van der Waals surface area contributed by atoms with Crippen LogP contribution in [0.25, 0.3) is 0 Å². The molecule has 0 amide bonds. The Morgan fingerprint density at radius 2 is 2.29 bits per heavy atom. The molecule has 0 aromatic carbocycles. The van der Waals surface area contributed by atoms with Crippen molar-refractivity contribution in [3.05, 3.63) is 23.7 Å². The lowest BCUT2D eigenvalue weighted by atomic mass is 10.3. The third kappa shape index (κ3) is 2.40. The summed E-state index contributed by atoms with van der Waals surface area (Å²) in [5.41, 5.74) is 0. The van der Waals surface area contributed by atoms with Crippen LogP contribution in [0.2, 0.25) is 0 Å². The topological polar surface area (TPSA) is 28.4 Å². The minimum atomic E-state index is 0.660. The van der Waals surface area contributed by atoms with Gasteiger partial charge in [-0.3, -0.25) is 4.90 Å². The Balaban J connectivity index is 1.56. The average Bonchev–Trinajstić information content (AvgIpc) is 2.79. The highest BCUT2D eigenvalue weighted by atomic mass is 16.3. The summed E-state index contributed by atoms with van der Waals surface area (Å²) >= 11 is 0. The van der Waals surface area contributed by atoms with Gasteiger partial charge in [0.2, 0.25) is 0 Å². The molecule has 1 aromatic rings. The van der Waals surface area contributed by atoms with E-state index in [1.54, 1.807) is 0 Å². The molecule has 3 rings (SSSR count). The van der Waals surface area contributed by atoms with E-state index in [1.807, 2.05) is 7.05 Å². The van der Waals surface area contributed by atoms with E-state index in [-0.39, 0.29) is 0 Å². The summed E-state index contributed by atoms with van der Waals surface area (Å²) in [5, 5.41) is 3.35. The van der Waals surface area contributed by atoms with Gasteiger partial charge in [0.15, 0.2) is 0 Å². The number of hydrogen-bond acceptors (Lipinski definition) is 3. The predicted molar refractivity (Wildman–Crippen MR) is 68.0 cm³/mol. The number of nitrogens with zero attached hydrogens (tertiary/aromatic N) is 1. The first-order chi connectivity index (χ1) is 8.26. The second-order valence-corrected chi connectivity index (χ2v) is 5.63. The Hall–Kier alpha value is -0.800. The largest absolute Gasteiger partial charge is 0.464 e. The maximum Gasteiger partial charge on any atom is 0.118 e. The molecule has 0 radical (unpaired) electrons. The van der Waals surface area contributed by atoms with Gasteiger partial charge in [0.25, 0.3) is 0 Å². The lowest BCUT2D eigenvalue weighted by Gasteiger charge is -2.13. The fraction of sp³-hybridized carbons (Fsp3) is 0.714. The number of likely N-dealkylation sites (tertiary alicyclic amines) is 1. The average molecular weight is 234 g/mol. The molecular formula is C14H22N2O. The standard InChI is InChI=1S/C14H22N2O/c1-10-7-13(10)14-4-3-12(17-14)9-16-6-5-11(8-16)15-2/h3-4,10-11,13,15H,5-9H2,1-2H3. The quantitative estimate of drug-likeness (QED) is 0.865. The minimum Gasteiger partial charge on any atom is -0.464 e. The monoisotopic (exact) mass is 234 g/mol. The molecule has 1 aliphatic heterocycles. The van der Waals surface area contributed by atoms with Crippen LogP contribution in [-0.4, -0.2) is 31.1 Å². The molecule has 3 heteroatoms. The number of rotatable bonds is 4. The first-order valence-corrected chi connectivity index (χ1v) is 6.74. The third-order valence-corrected chi connectivity index (χ3v) is 4.22. The van der Waals surface area contributed by atoms with Gasteiger partial charge in [-0.25, -0.2) is 0 Å². The van der Waals surface area contributed by atoms with E-state index in [1.165, 1.54) is 25.1 Å². The van der Waals surface area contributed by atoms with Gasteiger partial charge in [0.1, 0.15) is 11.5 Å². The molecule has 3 nitrogen and oxygen atoms in total. The molecule has 3 atom stereocenters. The van der Waals surface area contributed by atoms with Crippen molar-refractivity contribution in [2.24, 2.45) is 5.92 Å². The van der Waals surface area contributed by atoms with Crippen LogP contribution in [0.4, 0.5) is 0 Å².